The molecule has 1 fully saturated rings. The molecule has 6 nitrogen and oxygen atoms in total. The maximum absolute atomic E-state index is 12.5. The zero-order valence-electron chi connectivity index (χ0n) is 21.4. The Balaban J connectivity index is 1.83. The van der Waals surface area contributed by atoms with Crippen molar-refractivity contribution in [1.29, 1.82) is 0 Å². The Labute approximate surface area is 203 Å². The highest BCUT2D eigenvalue weighted by atomic mass is 16.1. The molecule has 180 valence electrons. The second-order valence-corrected chi connectivity index (χ2v) is 9.64. The molecule has 1 aromatic carbocycles. The Hall–Kier alpha value is -3.28. The van der Waals surface area contributed by atoms with E-state index >= 15 is 0 Å². The molecule has 0 radical (unpaired) electrons. The molecule has 1 aliphatic rings. The first kappa shape index (κ1) is 23.9. The first-order chi connectivity index (χ1) is 16.2. The van der Waals surface area contributed by atoms with E-state index in [1.807, 2.05) is 20.0 Å². The van der Waals surface area contributed by atoms with E-state index < -0.39 is 0 Å². The third kappa shape index (κ3) is 4.29. The van der Waals surface area contributed by atoms with E-state index in [2.05, 4.69) is 65.6 Å². The summed E-state index contributed by atoms with van der Waals surface area (Å²) >= 11 is 0. The molecule has 1 amide bonds. The number of nitrogens with zero attached hydrogens (tertiary/aromatic N) is 3. The minimum atomic E-state index is -0.0480. The molecule has 0 aliphatic carbocycles. The quantitative estimate of drug-likeness (QED) is 0.568. The van der Waals surface area contributed by atoms with E-state index in [4.69, 9.17) is 4.98 Å². The zero-order valence-corrected chi connectivity index (χ0v) is 21.4. The molecule has 0 bridgehead atoms. The second-order valence-electron chi connectivity index (χ2n) is 9.64. The Morgan fingerprint density at radius 3 is 2.62 bits per heavy atom. The molecule has 1 aliphatic heterocycles. The van der Waals surface area contributed by atoms with Crippen LogP contribution in [0.4, 0.5) is 0 Å². The number of rotatable bonds is 6. The Morgan fingerprint density at radius 2 is 1.91 bits per heavy atom. The fourth-order valence-corrected chi connectivity index (χ4v) is 5.32. The summed E-state index contributed by atoms with van der Waals surface area (Å²) in [5.74, 6) is 1.46. The number of amides is 1. The molecule has 6 heteroatoms. The van der Waals surface area contributed by atoms with Gasteiger partial charge in [0.1, 0.15) is 5.65 Å². The summed E-state index contributed by atoms with van der Waals surface area (Å²) in [5.41, 5.74) is 9.55. The van der Waals surface area contributed by atoms with Crippen LogP contribution in [0.3, 0.4) is 0 Å². The van der Waals surface area contributed by atoms with Crippen molar-refractivity contribution in [2.24, 2.45) is 5.92 Å². The van der Waals surface area contributed by atoms with Crippen LogP contribution in [0.2, 0.25) is 0 Å². The molecule has 4 rings (SSSR count). The van der Waals surface area contributed by atoms with Gasteiger partial charge < -0.3 is 19.9 Å². The number of benzene rings is 1. The number of carbonyl (C=O) groups is 1. The van der Waals surface area contributed by atoms with Gasteiger partial charge in [-0.25, -0.2) is 4.98 Å². The van der Waals surface area contributed by atoms with Crippen molar-refractivity contribution in [2.45, 2.75) is 47.0 Å². The third-order valence-corrected chi connectivity index (χ3v) is 7.36. The van der Waals surface area contributed by atoms with Gasteiger partial charge in [-0.1, -0.05) is 6.58 Å². The van der Waals surface area contributed by atoms with Gasteiger partial charge in [0.2, 0.25) is 0 Å². The lowest BCUT2D eigenvalue weighted by molar-refractivity contribution is 0.0962. The summed E-state index contributed by atoms with van der Waals surface area (Å²) in [7, 11) is 3.62. The number of aryl methyl sites for hydroxylation is 2. The van der Waals surface area contributed by atoms with Gasteiger partial charge in [-0.05, 0) is 93.3 Å². The molecule has 34 heavy (non-hydrogen) atoms. The fourth-order valence-electron chi connectivity index (χ4n) is 5.32. The van der Waals surface area contributed by atoms with Crippen LogP contribution in [-0.2, 0) is 6.42 Å². The Bertz CT molecular complexity index is 1260. The lowest BCUT2D eigenvalue weighted by Crippen LogP contribution is -2.38. The largest absolute Gasteiger partial charge is 0.375 e. The predicted octanol–water partition coefficient (Wildman–Crippen LogP) is 4.54. The molecular weight excluding hydrogens is 422 g/mol. The minimum absolute atomic E-state index is 0.0480. The van der Waals surface area contributed by atoms with Gasteiger partial charge in [0.05, 0.1) is 17.2 Å². The van der Waals surface area contributed by atoms with Gasteiger partial charge in [-0.3, -0.25) is 4.79 Å². The molecular formula is C28H37N5O. The summed E-state index contributed by atoms with van der Waals surface area (Å²) in [5, 5.41) is 5.98. The highest BCUT2D eigenvalue weighted by molar-refractivity contribution is 5.97. The Morgan fingerprint density at radius 1 is 1.15 bits per heavy atom. The van der Waals surface area contributed by atoms with Crippen molar-refractivity contribution in [1.82, 2.24) is 24.9 Å². The number of carbonyl (C=O) groups excluding carboxylic acids is 1. The first-order valence-corrected chi connectivity index (χ1v) is 12.2. The van der Waals surface area contributed by atoms with Crippen molar-refractivity contribution < 1.29 is 4.79 Å². The number of likely N-dealkylation sites (tertiary alicyclic amines) is 1. The summed E-state index contributed by atoms with van der Waals surface area (Å²) in [4.78, 5) is 20.0. The summed E-state index contributed by atoms with van der Waals surface area (Å²) in [6, 6.07) is 6.31. The van der Waals surface area contributed by atoms with Gasteiger partial charge in [0, 0.05) is 44.5 Å². The molecule has 2 N–H and O–H groups in total. The molecule has 1 atom stereocenters. The molecule has 1 saturated heterocycles. The van der Waals surface area contributed by atoms with Gasteiger partial charge in [0.25, 0.3) is 5.91 Å². The van der Waals surface area contributed by atoms with Crippen molar-refractivity contribution in [2.75, 3.05) is 27.2 Å². The normalized spacial score (nSPS) is 16.1. The molecule has 0 saturated carbocycles. The maximum Gasteiger partial charge on any atom is 0.251 e. The highest BCUT2D eigenvalue weighted by Gasteiger charge is 2.26. The lowest BCUT2D eigenvalue weighted by atomic mass is 9.88. The van der Waals surface area contributed by atoms with Crippen molar-refractivity contribution >= 4 is 11.6 Å². The fraction of sp³-hybridized carbons (Fsp3) is 0.429. The molecule has 2 aromatic heterocycles. The number of hydrogen-bond acceptors (Lipinski definition) is 4. The molecule has 0 spiro atoms. The highest BCUT2D eigenvalue weighted by Crippen LogP contribution is 2.36. The van der Waals surface area contributed by atoms with Gasteiger partial charge in [-0.2, -0.15) is 0 Å². The van der Waals surface area contributed by atoms with Crippen LogP contribution in [-0.4, -0.2) is 47.4 Å². The number of piperidine rings is 1. The van der Waals surface area contributed by atoms with Crippen molar-refractivity contribution in [3.63, 3.8) is 0 Å². The second kappa shape index (κ2) is 9.53. The van der Waals surface area contributed by atoms with E-state index in [1.54, 1.807) is 7.05 Å². The zero-order chi connectivity index (χ0) is 24.6. The minimum Gasteiger partial charge on any atom is -0.375 e. The SMILES string of the molecule is C=C(NC)N1CCC[C@@H](Cc2c(-c3c(C)cc(C(=O)NC)c(C)c3C)nc3cc(C)ccn23)C1. The van der Waals surface area contributed by atoms with Crippen molar-refractivity contribution in [3.05, 3.63) is 70.3 Å². The predicted molar refractivity (Wildman–Crippen MR) is 139 cm³/mol. The van der Waals surface area contributed by atoms with E-state index in [9.17, 15) is 4.79 Å². The molecule has 3 aromatic rings. The van der Waals surface area contributed by atoms with Gasteiger partial charge in [-0.15, -0.1) is 0 Å². The number of hydrogen-bond donors (Lipinski definition) is 2. The maximum atomic E-state index is 12.5. The van der Waals surface area contributed by atoms with Gasteiger partial charge >= 0.3 is 0 Å². The van der Waals surface area contributed by atoms with Crippen LogP contribution < -0.4 is 10.6 Å². The topological polar surface area (TPSA) is 61.7 Å². The van der Waals surface area contributed by atoms with Gasteiger partial charge in [0.15, 0.2) is 0 Å². The van der Waals surface area contributed by atoms with Crippen LogP contribution in [0.15, 0.2) is 36.8 Å². The number of fused-ring (bicyclic) bond motifs is 1. The number of aromatic nitrogens is 2. The number of imidazole rings is 1. The molecule has 0 unspecified atom stereocenters. The van der Waals surface area contributed by atoms with E-state index in [1.165, 1.54) is 17.7 Å². The van der Waals surface area contributed by atoms with Crippen LogP contribution in [0, 0.1) is 33.6 Å². The van der Waals surface area contributed by atoms with Crippen LogP contribution in [0.5, 0.6) is 0 Å². The number of nitrogens with one attached hydrogen (secondary N) is 2. The lowest BCUT2D eigenvalue weighted by Gasteiger charge is -2.35. The van der Waals surface area contributed by atoms with Crippen LogP contribution in [0.25, 0.3) is 16.9 Å². The average Bonchev–Trinajstić information content (AvgIpc) is 3.17. The smallest absolute Gasteiger partial charge is 0.251 e. The third-order valence-electron chi connectivity index (χ3n) is 7.36. The van der Waals surface area contributed by atoms with Crippen LogP contribution >= 0.6 is 0 Å². The Kier molecular flexibility index (Phi) is 6.69. The van der Waals surface area contributed by atoms with E-state index in [-0.39, 0.29) is 5.91 Å². The van der Waals surface area contributed by atoms with Crippen molar-refractivity contribution in [3.8, 4) is 11.3 Å². The monoisotopic (exact) mass is 459 g/mol. The standard InChI is InChI=1S/C28H37N5O/c1-17-10-12-33-24(15-22-9-8-11-32(16-22)21(5)29-6)27(31-25(33)13-17)26-18(2)14-23(28(34)30-7)19(3)20(26)4/h10,12-14,22,29H,5,8-9,11,15-16H2,1-4,6-7H3,(H,30,34)/t22-/m0/s1. The summed E-state index contributed by atoms with van der Waals surface area (Å²) in [6.45, 7) is 14.6. The van der Waals surface area contributed by atoms with E-state index in [0.29, 0.717) is 5.92 Å². The molecule has 3 heterocycles. The average molecular weight is 460 g/mol. The summed E-state index contributed by atoms with van der Waals surface area (Å²) < 4.78 is 2.26. The van der Waals surface area contributed by atoms with E-state index in [0.717, 1.165) is 70.9 Å². The first-order valence-electron chi connectivity index (χ1n) is 12.2. The summed E-state index contributed by atoms with van der Waals surface area (Å²) in [6.07, 6.45) is 5.45. The number of pyridine rings is 1. The van der Waals surface area contributed by atoms with Crippen LogP contribution in [0.1, 0.15) is 51.1 Å².